The Morgan fingerprint density at radius 1 is 1.20 bits per heavy atom. The van der Waals surface area contributed by atoms with Gasteiger partial charge >= 0.3 is 0 Å². The molecule has 2 amide bonds. The average Bonchev–Trinajstić information content (AvgIpc) is 3.12. The van der Waals surface area contributed by atoms with E-state index < -0.39 is 0 Å². The lowest BCUT2D eigenvalue weighted by Crippen LogP contribution is -2.40. The molecule has 1 aromatic heterocycles. The molecule has 1 aromatic carbocycles. The second-order valence-electron chi connectivity index (χ2n) is 5.74. The fourth-order valence-corrected chi connectivity index (χ4v) is 3.19. The minimum Gasteiger partial charge on any atom is -0.350 e. The quantitative estimate of drug-likeness (QED) is 0.743. The number of carbonyl (C=O) groups is 2. The Bertz CT molecular complexity index is 671. The summed E-state index contributed by atoms with van der Waals surface area (Å²) < 4.78 is 12.9. The molecule has 1 N–H and O–H groups in total. The molecule has 0 saturated heterocycles. The van der Waals surface area contributed by atoms with Gasteiger partial charge in [-0.05, 0) is 48.9 Å². The molecule has 0 aliphatic heterocycles. The fourth-order valence-electron chi connectivity index (χ4n) is 2.44. The molecule has 0 atom stereocenters. The van der Waals surface area contributed by atoms with Gasteiger partial charge in [0.1, 0.15) is 5.82 Å². The molecule has 134 valence electrons. The van der Waals surface area contributed by atoms with E-state index in [9.17, 15) is 14.0 Å². The average molecular weight is 362 g/mol. The fraction of sp³-hybridized carbons (Fsp3) is 0.368. The molecule has 0 bridgehead atoms. The van der Waals surface area contributed by atoms with Gasteiger partial charge in [-0.25, -0.2) is 4.39 Å². The zero-order valence-electron chi connectivity index (χ0n) is 14.3. The Hall–Kier alpha value is -2.21. The van der Waals surface area contributed by atoms with Gasteiger partial charge in [-0.2, -0.15) is 0 Å². The molecule has 0 radical (unpaired) electrons. The van der Waals surface area contributed by atoms with Crippen molar-refractivity contribution in [1.29, 1.82) is 0 Å². The summed E-state index contributed by atoms with van der Waals surface area (Å²) in [5.74, 6) is -0.519. The van der Waals surface area contributed by atoms with Crippen molar-refractivity contribution < 1.29 is 14.0 Å². The van der Waals surface area contributed by atoms with Gasteiger partial charge in [-0.1, -0.05) is 18.2 Å². The number of aryl methyl sites for hydroxylation is 1. The summed E-state index contributed by atoms with van der Waals surface area (Å²) in [4.78, 5) is 27.1. The lowest BCUT2D eigenvalue weighted by molar-refractivity contribution is -0.136. The number of carbonyl (C=O) groups excluding carboxylic acids is 2. The van der Waals surface area contributed by atoms with E-state index in [0.717, 1.165) is 18.4 Å². The summed E-state index contributed by atoms with van der Waals surface area (Å²) in [6.45, 7) is 2.74. The number of benzene rings is 1. The van der Waals surface area contributed by atoms with Gasteiger partial charge < -0.3 is 10.2 Å². The van der Waals surface area contributed by atoms with Crippen LogP contribution in [0.1, 0.15) is 30.2 Å². The highest BCUT2D eigenvalue weighted by Crippen LogP contribution is 2.12. The van der Waals surface area contributed by atoms with Gasteiger partial charge in [0.2, 0.25) is 11.8 Å². The van der Waals surface area contributed by atoms with Crippen molar-refractivity contribution >= 4 is 23.2 Å². The minimum atomic E-state index is -0.305. The number of hydrogen-bond acceptors (Lipinski definition) is 3. The van der Waals surface area contributed by atoms with Crippen LogP contribution in [0.3, 0.4) is 0 Å². The predicted octanol–water partition coefficient (Wildman–Crippen LogP) is 3.37. The Morgan fingerprint density at radius 2 is 1.96 bits per heavy atom. The third-order valence-corrected chi connectivity index (χ3v) is 4.80. The SMILES string of the molecule is CCN(CC(=O)NCc1ccc(F)cc1)C(=O)CCCc1cccs1. The minimum absolute atomic E-state index is 0.00371. The van der Waals surface area contributed by atoms with Crippen molar-refractivity contribution in [3.8, 4) is 0 Å². The van der Waals surface area contributed by atoms with Crippen LogP contribution >= 0.6 is 11.3 Å². The molecule has 0 saturated carbocycles. The van der Waals surface area contributed by atoms with Gasteiger partial charge in [0.25, 0.3) is 0 Å². The highest BCUT2D eigenvalue weighted by atomic mass is 32.1. The van der Waals surface area contributed by atoms with Crippen LogP contribution < -0.4 is 5.32 Å². The van der Waals surface area contributed by atoms with Crippen molar-refractivity contribution in [2.45, 2.75) is 32.7 Å². The van der Waals surface area contributed by atoms with Crippen LogP contribution in [-0.2, 0) is 22.6 Å². The Balaban J connectivity index is 1.72. The summed E-state index contributed by atoms with van der Waals surface area (Å²) in [6, 6.07) is 10.0. The number of nitrogens with zero attached hydrogens (tertiary/aromatic N) is 1. The lowest BCUT2D eigenvalue weighted by Gasteiger charge is -2.20. The zero-order chi connectivity index (χ0) is 18.1. The van der Waals surface area contributed by atoms with Crippen molar-refractivity contribution in [3.63, 3.8) is 0 Å². The van der Waals surface area contributed by atoms with Crippen LogP contribution in [0, 0.1) is 5.82 Å². The molecular weight excluding hydrogens is 339 g/mol. The van der Waals surface area contributed by atoms with Gasteiger partial charge in [0, 0.05) is 24.4 Å². The standard InChI is InChI=1S/C19H23FN2O2S/c1-2-22(19(24)7-3-5-17-6-4-12-25-17)14-18(23)21-13-15-8-10-16(20)11-9-15/h4,6,8-12H,2-3,5,7,13-14H2,1H3,(H,21,23). The number of likely N-dealkylation sites (N-methyl/N-ethyl adjacent to an activating group) is 1. The molecule has 0 aliphatic carbocycles. The molecule has 1 heterocycles. The summed E-state index contributed by atoms with van der Waals surface area (Å²) in [5.41, 5.74) is 0.820. The van der Waals surface area contributed by atoms with Crippen LogP contribution in [-0.4, -0.2) is 29.8 Å². The second kappa shape index (κ2) is 9.93. The number of thiophene rings is 1. The first-order valence-electron chi connectivity index (χ1n) is 8.39. The molecule has 2 aromatic rings. The van der Waals surface area contributed by atoms with E-state index in [-0.39, 0.29) is 24.2 Å². The first-order chi connectivity index (χ1) is 12.1. The van der Waals surface area contributed by atoms with Crippen molar-refractivity contribution in [1.82, 2.24) is 10.2 Å². The summed E-state index contributed by atoms with van der Waals surface area (Å²) in [7, 11) is 0. The lowest BCUT2D eigenvalue weighted by atomic mass is 10.2. The zero-order valence-corrected chi connectivity index (χ0v) is 15.2. The smallest absolute Gasteiger partial charge is 0.239 e. The Labute approximate surface area is 151 Å². The van der Waals surface area contributed by atoms with E-state index in [4.69, 9.17) is 0 Å². The number of halogens is 1. The highest BCUT2D eigenvalue weighted by molar-refractivity contribution is 7.09. The van der Waals surface area contributed by atoms with Crippen LogP contribution in [0.4, 0.5) is 4.39 Å². The van der Waals surface area contributed by atoms with Crippen LogP contribution in [0.5, 0.6) is 0 Å². The number of amides is 2. The molecule has 0 unspecified atom stereocenters. The third-order valence-electron chi connectivity index (χ3n) is 3.87. The first-order valence-corrected chi connectivity index (χ1v) is 9.27. The molecule has 2 rings (SSSR count). The number of nitrogens with one attached hydrogen (secondary N) is 1. The van der Waals surface area contributed by atoms with Gasteiger partial charge in [-0.3, -0.25) is 9.59 Å². The van der Waals surface area contributed by atoms with Gasteiger partial charge in [0.05, 0.1) is 6.54 Å². The predicted molar refractivity (Wildman–Crippen MR) is 97.8 cm³/mol. The van der Waals surface area contributed by atoms with Crippen molar-refractivity contribution in [2.24, 2.45) is 0 Å². The van der Waals surface area contributed by atoms with Crippen LogP contribution in [0.15, 0.2) is 41.8 Å². The summed E-state index contributed by atoms with van der Waals surface area (Å²) in [6.07, 6.45) is 2.11. The van der Waals surface area contributed by atoms with Gasteiger partial charge in [-0.15, -0.1) is 11.3 Å². The van der Waals surface area contributed by atoms with E-state index in [1.807, 2.05) is 18.4 Å². The van der Waals surface area contributed by atoms with Crippen LogP contribution in [0.25, 0.3) is 0 Å². The van der Waals surface area contributed by atoms with Crippen LogP contribution in [0.2, 0.25) is 0 Å². The molecule has 4 nitrogen and oxygen atoms in total. The van der Waals surface area contributed by atoms with Gasteiger partial charge in [0.15, 0.2) is 0 Å². The molecule has 0 fully saturated rings. The van der Waals surface area contributed by atoms with E-state index in [0.29, 0.717) is 19.5 Å². The van der Waals surface area contributed by atoms with E-state index >= 15 is 0 Å². The Kier molecular flexibility index (Phi) is 7.60. The van der Waals surface area contributed by atoms with E-state index in [2.05, 4.69) is 11.4 Å². The third kappa shape index (κ3) is 6.66. The summed E-state index contributed by atoms with van der Waals surface area (Å²) >= 11 is 1.69. The van der Waals surface area contributed by atoms with E-state index in [1.165, 1.54) is 17.0 Å². The second-order valence-corrected chi connectivity index (χ2v) is 6.78. The maximum atomic E-state index is 12.9. The van der Waals surface area contributed by atoms with Crippen molar-refractivity contribution in [2.75, 3.05) is 13.1 Å². The topological polar surface area (TPSA) is 49.4 Å². The first kappa shape index (κ1) is 19.1. The maximum Gasteiger partial charge on any atom is 0.239 e. The van der Waals surface area contributed by atoms with E-state index in [1.54, 1.807) is 28.4 Å². The molecule has 0 spiro atoms. The molecule has 6 heteroatoms. The number of hydrogen-bond donors (Lipinski definition) is 1. The molecular formula is C19H23FN2O2S. The highest BCUT2D eigenvalue weighted by Gasteiger charge is 2.15. The largest absolute Gasteiger partial charge is 0.350 e. The normalized spacial score (nSPS) is 10.5. The molecule has 0 aliphatic rings. The van der Waals surface area contributed by atoms with Crippen molar-refractivity contribution in [3.05, 3.63) is 58.0 Å². The molecule has 25 heavy (non-hydrogen) atoms. The Morgan fingerprint density at radius 3 is 2.60 bits per heavy atom. The maximum absolute atomic E-state index is 12.9. The summed E-state index contributed by atoms with van der Waals surface area (Å²) in [5, 5.41) is 4.79. The number of rotatable bonds is 9. The monoisotopic (exact) mass is 362 g/mol.